The molecule has 0 bridgehead atoms. The lowest BCUT2D eigenvalue weighted by atomic mass is 10.0. The van der Waals surface area contributed by atoms with Gasteiger partial charge in [0.2, 0.25) is 0 Å². The van der Waals surface area contributed by atoms with Crippen molar-refractivity contribution in [3.8, 4) is 0 Å². The van der Waals surface area contributed by atoms with E-state index in [4.69, 9.17) is 10.8 Å². The molecular weight excluding hydrogens is 250 g/mol. The molecule has 2 rings (SSSR count). The Labute approximate surface area is 109 Å². The molecule has 0 saturated carbocycles. The van der Waals surface area contributed by atoms with E-state index in [1.54, 1.807) is 6.07 Å². The summed E-state index contributed by atoms with van der Waals surface area (Å²) in [7, 11) is 0. The number of aromatic carboxylic acids is 1. The van der Waals surface area contributed by atoms with Crippen LogP contribution < -0.4 is 10.6 Å². The smallest absolute Gasteiger partial charge is 0.342 e. The van der Waals surface area contributed by atoms with Crippen LogP contribution in [0.1, 0.15) is 23.2 Å². The number of hydrogen-bond acceptors (Lipinski definition) is 5. The van der Waals surface area contributed by atoms with Crippen molar-refractivity contribution in [2.24, 2.45) is 5.73 Å². The Bertz CT molecular complexity index is 518. The number of rotatable bonds is 3. The third-order valence-corrected chi connectivity index (χ3v) is 3.23. The molecule has 0 aliphatic carbocycles. The van der Waals surface area contributed by atoms with Gasteiger partial charge >= 0.3 is 5.97 Å². The van der Waals surface area contributed by atoms with Crippen molar-refractivity contribution in [1.82, 2.24) is 0 Å². The highest BCUT2D eigenvalue weighted by molar-refractivity contribution is 5.93. The van der Waals surface area contributed by atoms with Crippen LogP contribution in [0.25, 0.3) is 0 Å². The number of piperidine rings is 1. The van der Waals surface area contributed by atoms with Gasteiger partial charge in [0.05, 0.1) is 4.92 Å². The van der Waals surface area contributed by atoms with Crippen molar-refractivity contribution < 1.29 is 14.8 Å². The van der Waals surface area contributed by atoms with Crippen LogP contribution in [0.2, 0.25) is 0 Å². The Hall–Kier alpha value is -2.15. The summed E-state index contributed by atoms with van der Waals surface area (Å²) >= 11 is 0. The largest absolute Gasteiger partial charge is 0.477 e. The van der Waals surface area contributed by atoms with E-state index in [0.717, 1.165) is 19.4 Å². The molecular formula is C12H15N3O4. The summed E-state index contributed by atoms with van der Waals surface area (Å²) in [6, 6.07) is 4.21. The molecule has 102 valence electrons. The quantitative estimate of drug-likeness (QED) is 0.628. The van der Waals surface area contributed by atoms with Crippen molar-refractivity contribution >= 4 is 17.3 Å². The van der Waals surface area contributed by atoms with Crippen molar-refractivity contribution in [1.29, 1.82) is 0 Å². The second kappa shape index (κ2) is 5.23. The van der Waals surface area contributed by atoms with Gasteiger partial charge in [-0.2, -0.15) is 0 Å². The van der Waals surface area contributed by atoms with Gasteiger partial charge in [0, 0.05) is 30.9 Å². The lowest BCUT2D eigenvalue weighted by Gasteiger charge is -2.32. The van der Waals surface area contributed by atoms with Gasteiger partial charge in [0.1, 0.15) is 5.56 Å². The highest BCUT2D eigenvalue weighted by Crippen LogP contribution is 2.26. The maximum atomic E-state index is 11.1. The Balaban J connectivity index is 2.35. The highest BCUT2D eigenvalue weighted by Gasteiger charge is 2.23. The first kappa shape index (κ1) is 13.3. The minimum Gasteiger partial charge on any atom is -0.477 e. The monoisotopic (exact) mass is 265 g/mol. The summed E-state index contributed by atoms with van der Waals surface area (Å²) in [6.45, 7) is 1.42. The number of nitrogens with zero attached hydrogens (tertiary/aromatic N) is 2. The Morgan fingerprint density at radius 1 is 1.53 bits per heavy atom. The molecule has 1 fully saturated rings. The predicted octanol–water partition coefficient (Wildman–Crippen LogP) is 1.22. The molecule has 1 atom stereocenters. The summed E-state index contributed by atoms with van der Waals surface area (Å²) < 4.78 is 0. The summed E-state index contributed by atoms with van der Waals surface area (Å²) in [5.41, 5.74) is 5.86. The third-order valence-electron chi connectivity index (χ3n) is 3.23. The fourth-order valence-corrected chi connectivity index (χ4v) is 2.30. The van der Waals surface area contributed by atoms with Crippen LogP contribution in [0.5, 0.6) is 0 Å². The van der Waals surface area contributed by atoms with Crippen molar-refractivity contribution in [3.63, 3.8) is 0 Å². The third kappa shape index (κ3) is 2.82. The van der Waals surface area contributed by atoms with Crippen LogP contribution >= 0.6 is 0 Å². The van der Waals surface area contributed by atoms with E-state index >= 15 is 0 Å². The van der Waals surface area contributed by atoms with E-state index in [2.05, 4.69) is 0 Å². The molecule has 19 heavy (non-hydrogen) atoms. The first-order chi connectivity index (χ1) is 8.99. The number of nitro groups is 1. The van der Waals surface area contributed by atoms with Gasteiger partial charge in [-0.3, -0.25) is 10.1 Å². The van der Waals surface area contributed by atoms with Gasteiger partial charge in [-0.25, -0.2) is 4.79 Å². The summed E-state index contributed by atoms with van der Waals surface area (Å²) in [5.74, 6) is -1.30. The van der Waals surface area contributed by atoms with Gasteiger partial charge in [-0.15, -0.1) is 0 Å². The topological polar surface area (TPSA) is 110 Å². The zero-order valence-corrected chi connectivity index (χ0v) is 10.3. The van der Waals surface area contributed by atoms with E-state index in [0.29, 0.717) is 12.2 Å². The molecule has 7 heteroatoms. The van der Waals surface area contributed by atoms with Crippen LogP contribution in [-0.2, 0) is 0 Å². The molecule has 1 saturated heterocycles. The molecule has 0 aromatic heterocycles. The molecule has 1 aliphatic heterocycles. The van der Waals surface area contributed by atoms with Gasteiger partial charge in [-0.05, 0) is 25.0 Å². The SMILES string of the molecule is NC1CCCN(c2ccc([N+](=O)[O-])c(C(=O)O)c2)C1. The van der Waals surface area contributed by atoms with Crippen LogP contribution in [0.4, 0.5) is 11.4 Å². The normalized spacial score (nSPS) is 19.2. The minimum atomic E-state index is -1.30. The fraction of sp³-hybridized carbons (Fsp3) is 0.417. The zero-order chi connectivity index (χ0) is 14.0. The highest BCUT2D eigenvalue weighted by atomic mass is 16.6. The predicted molar refractivity (Wildman–Crippen MR) is 69.5 cm³/mol. The van der Waals surface area contributed by atoms with Gasteiger partial charge in [-0.1, -0.05) is 0 Å². The number of carboxylic acid groups (broad SMARTS) is 1. The number of anilines is 1. The van der Waals surface area contributed by atoms with Crippen LogP contribution in [0.3, 0.4) is 0 Å². The molecule has 0 radical (unpaired) electrons. The fourth-order valence-electron chi connectivity index (χ4n) is 2.30. The Morgan fingerprint density at radius 3 is 2.84 bits per heavy atom. The first-order valence-electron chi connectivity index (χ1n) is 6.01. The summed E-state index contributed by atoms with van der Waals surface area (Å²) in [5, 5.41) is 19.8. The number of nitrogens with two attached hydrogens (primary N) is 1. The number of hydrogen-bond donors (Lipinski definition) is 2. The minimum absolute atomic E-state index is 0.0530. The summed E-state index contributed by atoms with van der Waals surface area (Å²) in [6.07, 6.45) is 1.87. The standard InChI is InChI=1S/C12H15N3O4/c13-8-2-1-5-14(7-8)9-3-4-11(15(18)19)10(6-9)12(16)17/h3-4,6,8H,1-2,5,7,13H2,(H,16,17). The molecule has 1 aliphatic rings. The Morgan fingerprint density at radius 2 is 2.26 bits per heavy atom. The van der Waals surface area contributed by atoms with Gasteiger partial charge in [0.15, 0.2) is 0 Å². The van der Waals surface area contributed by atoms with E-state index in [-0.39, 0.29) is 11.6 Å². The second-order valence-corrected chi connectivity index (χ2v) is 4.61. The van der Waals surface area contributed by atoms with Crippen molar-refractivity contribution in [2.45, 2.75) is 18.9 Å². The zero-order valence-electron chi connectivity index (χ0n) is 10.3. The Kier molecular flexibility index (Phi) is 3.66. The van der Waals surface area contributed by atoms with E-state index in [9.17, 15) is 14.9 Å². The van der Waals surface area contributed by atoms with Crippen molar-refractivity contribution in [2.75, 3.05) is 18.0 Å². The molecule has 7 nitrogen and oxygen atoms in total. The van der Waals surface area contributed by atoms with E-state index in [1.807, 2.05) is 4.90 Å². The number of carboxylic acids is 1. The number of benzene rings is 1. The first-order valence-corrected chi connectivity index (χ1v) is 6.01. The molecule has 1 aromatic rings. The maximum absolute atomic E-state index is 11.1. The molecule has 1 unspecified atom stereocenters. The summed E-state index contributed by atoms with van der Waals surface area (Å²) in [4.78, 5) is 23.1. The molecule has 1 aromatic carbocycles. The molecule has 0 spiro atoms. The van der Waals surface area contributed by atoms with Crippen LogP contribution in [-0.4, -0.2) is 35.1 Å². The van der Waals surface area contributed by atoms with Crippen LogP contribution in [0, 0.1) is 10.1 Å². The number of nitro benzene ring substituents is 1. The van der Waals surface area contributed by atoms with E-state index in [1.165, 1.54) is 12.1 Å². The second-order valence-electron chi connectivity index (χ2n) is 4.61. The van der Waals surface area contributed by atoms with E-state index < -0.39 is 16.6 Å². The average Bonchev–Trinajstić information content (AvgIpc) is 2.37. The van der Waals surface area contributed by atoms with Gasteiger partial charge < -0.3 is 15.7 Å². The number of carbonyl (C=O) groups is 1. The van der Waals surface area contributed by atoms with Gasteiger partial charge in [0.25, 0.3) is 5.69 Å². The lowest BCUT2D eigenvalue weighted by Crippen LogP contribution is -2.42. The van der Waals surface area contributed by atoms with Crippen molar-refractivity contribution in [3.05, 3.63) is 33.9 Å². The van der Waals surface area contributed by atoms with Crippen LogP contribution in [0.15, 0.2) is 18.2 Å². The molecule has 1 heterocycles. The maximum Gasteiger partial charge on any atom is 0.342 e. The lowest BCUT2D eigenvalue weighted by molar-refractivity contribution is -0.385. The molecule has 0 amide bonds. The average molecular weight is 265 g/mol. The molecule has 3 N–H and O–H groups in total.